The first-order valence-electron chi connectivity index (χ1n) is 7.37. The van der Waals surface area contributed by atoms with Gasteiger partial charge in [-0.05, 0) is 36.8 Å². The lowest BCUT2D eigenvalue weighted by atomic mass is 10.2. The predicted octanol–water partition coefficient (Wildman–Crippen LogP) is 3.56. The van der Waals surface area contributed by atoms with Gasteiger partial charge >= 0.3 is 0 Å². The lowest BCUT2D eigenvalue weighted by Crippen LogP contribution is -2.36. The average molecular weight is 461 g/mol. The molecule has 1 aromatic heterocycles. The summed E-state index contributed by atoms with van der Waals surface area (Å²) in [7, 11) is 5.04. The zero-order valence-corrected chi connectivity index (χ0v) is 17.5. The smallest absolute Gasteiger partial charge is 0.191 e. The molecule has 5 nitrogen and oxygen atoms in total. The molecule has 0 amide bonds. The predicted molar refractivity (Wildman–Crippen MR) is 111 cm³/mol. The maximum atomic E-state index is 5.32. The van der Waals surface area contributed by atoms with E-state index in [-0.39, 0.29) is 24.0 Å². The second kappa shape index (κ2) is 10.4. The Labute approximate surface area is 164 Å². The van der Waals surface area contributed by atoms with Crippen LogP contribution >= 0.6 is 35.3 Å². The summed E-state index contributed by atoms with van der Waals surface area (Å²) in [4.78, 5) is 6.85. The largest absolute Gasteiger partial charge is 0.493 e. The van der Waals surface area contributed by atoms with Gasteiger partial charge in [0.05, 0.1) is 20.8 Å². The van der Waals surface area contributed by atoms with Crippen molar-refractivity contribution < 1.29 is 9.47 Å². The molecule has 0 atom stereocenters. The van der Waals surface area contributed by atoms with Gasteiger partial charge in [0.25, 0.3) is 0 Å². The summed E-state index contributed by atoms with van der Waals surface area (Å²) in [6.45, 7) is 3.53. The first-order chi connectivity index (χ1) is 11.2. The third kappa shape index (κ3) is 5.86. The van der Waals surface area contributed by atoms with E-state index in [4.69, 9.17) is 9.47 Å². The highest BCUT2D eigenvalue weighted by molar-refractivity contribution is 14.0. The van der Waals surface area contributed by atoms with Gasteiger partial charge < -0.3 is 20.1 Å². The second-order valence-corrected chi connectivity index (χ2v) is 6.35. The zero-order chi connectivity index (χ0) is 16.7. The number of guanidine groups is 1. The van der Waals surface area contributed by atoms with Gasteiger partial charge in [0.1, 0.15) is 0 Å². The highest BCUT2D eigenvalue weighted by Gasteiger charge is 2.05. The minimum atomic E-state index is 0. The summed E-state index contributed by atoms with van der Waals surface area (Å²) in [6.07, 6.45) is 0. The van der Waals surface area contributed by atoms with E-state index in [9.17, 15) is 0 Å². The molecule has 2 aromatic rings. The number of nitrogens with zero attached hydrogens (tertiary/aromatic N) is 1. The lowest BCUT2D eigenvalue weighted by molar-refractivity contribution is 0.354. The Morgan fingerprint density at radius 3 is 2.33 bits per heavy atom. The number of aliphatic imine (C=N–C) groups is 1. The molecule has 1 heterocycles. The Morgan fingerprint density at radius 1 is 1.04 bits per heavy atom. The van der Waals surface area contributed by atoms with E-state index in [1.165, 1.54) is 9.75 Å². The molecule has 0 unspecified atom stereocenters. The van der Waals surface area contributed by atoms with Crippen molar-refractivity contribution in [3.05, 3.63) is 45.6 Å². The van der Waals surface area contributed by atoms with Crippen LogP contribution in [-0.2, 0) is 13.1 Å². The monoisotopic (exact) mass is 461 g/mol. The zero-order valence-electron chi connectivity index (χ0n) is 14.4. The molecule has 0 radical (unpaired) electrons. The molecule has 0 saturated carbocycles. The number of halogens is 1. The Morgan fingerprint density at radius 2 is 1.75 bits per heavy atom. The van der Waals surface area contributed by atoms with Gasteiger partial charge in [-0.2, -0.15) is 0 Å². The van der Waals surface area contributed by atoms with Crippen LogP contribution < -0.4 is 20.1 Å². The molecule has 132 valence electrons. The minimum absolute atomic E-state index is 0. The molecule has 1 aromatic carbocycles. The van der Waals surface area contributed by atoms with Crippen molar-refractivity contribution in [3.8, 4) is 11.5 Å². The molecule has 0 spiro atoms. The van der Waals surface area contributed by atoms with Gasteiger partial charge in [-0.15, -0.1) is 35.3 Å². The van der Waals surface area contributed by atoms with Crippen LogP contribution in [0.5, 0.6) is 11.5 Å². The summed E-state index contributed by atoms with van der Waals surface area (Å²) in [5, 5.41) is 6.61. The molecule has 24 heavy (non-hydrogen) atoms. The molecule has 0 aliphatic rings. The van der Waals surface area contributed by atoms with Crippen molar-refractivity contribution in [2.45, 2.75) is 20.0 Å². The van der Waals surface area contributed by atoms with Gasteiger partial charge in [-0.25, -0.2) is 0 Å². The molecule has 7 heteroatoms. The number of rotatable bonds is 6. The lowest BCUT2D eigenvalue weighted by Gasteiger charge is -2.13. The fourth-order valence-corrected chi connectivity index (χ4v) is 2.98. The highest BCUT2D eigenvalue weighted by atomic mass is 127. The third-order valence-electron chi connectivity index (χ3n) is 3.36. The molecular weight excluding hydrogens is 437 g/mol. The molecule has 2 rings (SSSR count). The number of ether oxygens (including phenoxy) is 2. The van der Waals surface area contributed by atoms with E-state index in [0.717, 1.165) is 29.6 Å². The minimum Gasteiger partial charge on any atom is -0.493 e. The van der Waals surface area contributed by atoms with Crippen molar-refractivity contribution in [3.63, 3.8) is 0 Å². The molecule has 0 aliphatic carbocycles. The normalized spacial score (nSPS) is 10.8. The SMILES string of the molecule is CN=C(NCc1ccc(OC)c(OC)c1)NCc1ccc(C)s1.I. The first kappa shape index (κ1) is 20.6. The summed E-state index contributed by atoms with van der Waals surface area (Å²) < 4.78 is 10.6. The maximum Gasteiger partial charge on any atom is 0.191 e. The second-order valence-electron chi connectivity index (χ2n) is 4.98. The quantitative estimate of drug-likeness (QED) is 0.393. The molecule has 0 bridgehead atoms. The van der Waals surface area contributed by atoms with Crippen LogP contribution in [0, 0.1) is 6.92 Å². The fourth-order valence-electron chi connectivity index (χ4n) is 2.15. The van der Waals surface area contributed by atoms with Crippen LogP contribution in [-0.4, -0.2) is 27.2 Å². The summed E-state index contributed by atoms with van der Waals surface area (Å²) >= 11 is 1.79. The van der Waals surface area contributed by atoms with E-state index in [2.05, 4.69) is 34.7 Å². The summed E-state index contributed by atoms with van der Waals surface area (Å²) in [5.74, 6) is 2.22. The highest BCUT2D eigenvalue weighted by Crippen LogP contribution is 2.27. The standard InChI is InChI=1S/C17H23N3O2S.HI/c1-12-5-7-14(23-12)11-20-17(18-2)19-10-13-6-8-15(21-3)16(9-13)22-4;/h5-9H,10-11H2,1-4H3,(H2,18,19,20);1H. The maximum absolute atomic E-state index is 5.32. The molecule has 0 saturated heterocycles. The number of nitrogens with one attached hydrogen (secondary N) is 2. The van der Waals surface area contributed by atoms with Gasteiger partial charge in [0, 0.05) is 23.3 Å². The summed E-state index contributed by atoms with van der Waals surface area (Å²) in [6, 6.07) is 10.1. The number of thiophene rings is 1. The van der Waals surface area contributed by atoms with E-state index in [1.54, 1.807) is 32.6 Å². The van der Waals surface area contributed by atoms with Gasteiger partial charge in [0.2, 0.25) is 0 Å². The topological polar surface area (TPSA) is 54.9 Å². The van der Waals surface area contributed by atoms with Crippen LogP contribution in [0.1, 0.15) is 15.3 Å². The van der Waals surface area contributed by atoms with Crippen molar-refractivity contribution in [2.75, 3.05) is 21.3 Å². The van der Waals surface area contributed by atoms with Crippen LogP contribution in [0.3, 0.4) is 0 Å². The first-order valence-corrected chi connectivity index (χ1v) is 8.18. The molecule has 0 aliphatic heterocycles. The number of benzene rings is 1. The van der Waals surface area contributed by atoms with E-state index >= 15 is 0 Å². The Kier molecular flexibility index (Phi) is 8.91. The molecule has 2 N–H and O–H groups in total. The van der Waals surface area contributed by atoms with Gasteiger partial charge in [-0.3, -0.25) is 4.99 Å². The van der Waals surface area contributed by atoms with Crippen LogP contribution in [0.4, 0.5) is 0 Å². The number of aryl methyl sites for hydroxylation is 1. The third-order valence-corrected chi connectivity index (χ3v) is 4.36. The van der Waals surface area contributed by atoms with Crippen LogP contribution in [0.15, 0.2) is 35.3 Å². The number of hydrogen-bond donors (Lipinski definition) is 2. The van der Waals surface area contributed by atoms with E-state index in [1.807, 2.05) is 18.2 Å². The molecule has 0 fully saturated rings. The van der Waals surface area contributed by atoms with E-state index in [0.29, 0.717) is 6.54 Å². The van der Waals surface area contributed by atoms with Gasteiger partial charge in [-0.1, -0.05) is 6.07 Å². The Hall–Kier alpha value is -1.48. The summed E-state index contributed by atoms with van der Waals surface area (Å²) in [5.41, 5.74) is 1.09. The van der Waals surface area contributed by atoms with Crippen molar-refractivity contribution in [1.29, 1.82) is 0 Å². The molecular formula is C17H24IN3O2S. The van der Waals surface area contributed by atoms with Crippen molar-refractivity contribution in [1.82, 2.24) is 10.6 Å². The Bertz CT molecular complexity index is 674. The number of hydrogen-bond acceptors (Lipinski definition) is 4. The van der Waals surface area contributed by atoms with Crippen LogP contribution in [0.2, 0.25) is 0 Å². The van der Waals surface area contributed by atoms with Crippen molar-refractivity contribution >= 4 is 41.3 Å². The number of methoxy groups -OCH3 is 2. The van der Waals surface area contributed by atoms with Crippen molar-refractivity contribution in [2.24, 2.45) is 4.99 Å². The van der Waals surface area contributed by atoms with Gasteiger partial charge in [0.15, 0.2) is 17.5 Å². The Balaban J connectivity index is 0.00000288. The average Bonchev–Trinajstić information content (AvgIpc) is 3.00. The van der Waals surface area contributed by atoms with Crippen LogP contribution in [0.25, 0.3) is 0 Å². The van der Waals surface area contributed by atoms with E-state index < -0.39 is 0 Å². The fraction of sp³-hybridized carbons (Fsp3) is 0.353.